The first-order valence-electron chi connectivity index (χ1n) is 4.05. The molecule has 0 N–H and O–H groups in total. The van der Waals surface area contributed by atoms with Crippen molar-refractivity contribution < 1.29 is 4.92 Å². The summed E-state index contributed by atoms with van der Waals surface area (Å²) in [7, 11) is 3.68. The molecule has 14 heavy (non-hydrogen) atoms. The van der Waals surface area contributed by atoms with Crippen molar-refractivity contribution in [3.05, 3.63) is 40.2 Å². The van der Waals surface area contributed by atoms with Crippen molar-refractivity contribution in [3.63, 3.8) is 0 Å². The number of hydrogen-bond acceptors (Lipinski definition) is 4. The van der Waals surface area contributed by atoms with Gasteiger partial charge in [0.15, 0.2) is 0 Å². The molecule has 0 aromatic carbocycles. The molecule has 0 radical (unpaired) electrons. The number of nitro groups is 1. The van der Waals surface area contributed by atoms with Gasteiger partial charge in [-0.05, 0) is 12.1 Å². The molecule has 0 spiro atoms. The summed E-state index contributed by atoms with van der Waals surface area (Å²) in [6.07, 6.45) is 3.99. The molecular formula is C9H11N3O2. The third-order valence-corrected chi connectivity index (χ3v) is 1.62. The first kappa shape index (κ1) is 10.2. The fourth-order valence-corrected chi connectivity index (χ4v) is 1.05. The van der Waals surface area contributed by atoms with Gasteiger partial charge in [-0.1, -0.05) is 0 Å². The Morgan fingerprint density at radius 2 is 2.29 bits per heavy atom. The molecule has 0 unspecified atom stereocenters. The topological polar surface area (TPSA) is 59.3 Å². The fraction of sp³-hybridized carbons (Fsp3) is 0.222. The van der Waals surface area contributed by atoms with Crippen LogP contribution in [0.15, 0.2) is 24.5 Å². The molecule has 0 aliphatic rings. The van der Waals surface area contributed by atoms with Crippen molar-refractivity contribution in [3.8, 4) is 0 Å². The fourth-order valence-electron chi connectivity index (χ4n) is 1.05. The van der Waals surface area contributed by atoms with E-state index < -0.39 is 4.92 Å². The summed E-state index contributed by atoms with van der Waals surface area (Å²) in [6, 6.07) is 3.52. The standard InChI is InChI=1S/C9H11N3O2/c1-11(2)9-8(4-3-6-10-9)5-7-12(13)14/h3-7H,1-2H3/b7-5+. The van der Waals surface area contributed by atoms with Crippen LogP contribution in [-0.2, 0) is 0 Å². The van der Waals surface area contributed by atoms with Gasteiger partial charge in [-0.15, -0.1) is 0 Å². The Labute approximate surface area is 81.8 Å². The lowest BCUT2D eigenvalue weighted by Crippen LogP contribution is -2.11. The summed E-state index contributed by atoms with van der Waals surface area (Å²) in [5.74, 6) is 0.714. The predicted octanol–water partition coefficient (Wildman–Crippen LogP) is 1.39. The number of rotatable bonds is 3. The second-order valence-corrected chi connectivity index (χ2v) is 2.91. The number of hydrogen-bond donors (Lipinski definition) is 0. The van der Waals surface area contributed by atoms with Gasteiger partial charge in [0.25, 0.3) is 0 Å². The van der Waals surface area contributed by atoms with Crippen molar-refractivity contribution in [1.82, 2.24) is 4.98 Å². The van der Waals surface area contributed by atoms with Gasteiger partial charge in [-0.2, -0.15) is 0 Å². The molecule has 0 saturated heterocycles. The lowest BCUT2D eigenvalue weighted by molar-refractivity contribution is -0.400. The summed E-state index contributed by atoms with van der Waals surface area (Å²) in [4.78, 5) is 15.6. The van der Waals surface area contributed by atoms with Crippen molar-refractivity contribution in [2.75, 3.05) is 19.0 Å². The highest BCUT2D eigenvalue weighted by molar-refractivity contribution is 5.62. The molecule has 1 aromatic heterocycles. The smallest absolute Gasteiger partial charge is 0.235 e. The maximum absolute atomic E-state index is 10.1. The van der Waals surface area contributed by atoms with E-state index in [1.54, 1.807) is 23.2 Å². The van der Waals surface area contributed by atoms with E-state index in [0.29, 0.717) is 5.82 Å². The first-order chi connectivity index (χ1) is 6.61. The molecule has 1 rings (SSSR count). The molecule has 74 valence electrons. The number of aromatic nitrogens is 1. The van der Waals surface area contributed by atoms with Gasteiger partial charge in [-0.25, -0.2) is 4.98 Å². The van der Waals surface area contributed by atoms with Crippen LogP contribution in [0.5, 0.6) is 0 Å². The Bertz CT molecular complexity index is 361. The van der Waals surface area contributed by atoms with Gasteiger partial charge in [0.05, 0.1) is 4.92 Å². The third kappa shape index (κ3) is 2.55. The zero-order valence-electron chi connectivity index (χ0n) is 8.04. The van der Waals surface area contributed by atoms with E-state index in [-0.39, 0.29) is 0 Å². The zero-order valence-corrected chi connectivity index (χ0v) is 8.04. The zero-order chi connectivity index (χ0) is 10.6. The Balaban J connectivity index is 3.01. The van der Waals surface area contributed by atoms with Gasteiger partial charge in [0, 0.05) is 31.9 Å². The molecule has 0 atom stereocenters. The van der Waals surface area contributed by atoms with Crippen LogP contribution < -0.4 is 4.90 Å². The number of pyridine rings is 1. The van der Waals surface area contributed by atoms with Crippen LogP contribution in [0, 0.1) is 10.1 Å². The Morgan fingerprint density at radius 1 is 1.57 bits per heavy atom. The molecule has 1 aromatic rings. The minimum absolute atomic E-state index is 0.494. The highest BCUT2D eigenvalue weighted by atomic mass is 16.6. The van der Waals surface area contributed by atoms with E-state index in [2.05, 4.69) is 4.98 Å². The minimum atomic E-state index is -0.494. The van der Waals surface area contributed by atoms with E-state index >= 15 is 0 Å². The summed E-state index contributed by atoms with van der Waals surface area (Å²) < 4.78 is 0. The highest BCUT2D eigenvalue weighted by Gasteiger charge is 2.02. The molecule has 0 saturated carbocycles. The van der Waals surface area contributed by atoms with Crippen molar-refractivity contribution in [2.24, 2.45) is 0 Å². The van der Waals surface area contributed by atoms with Crippen molar-refractivity contribution >= 4 is 11.9 Å². The van der Waals surface area contributed by atoms with Crippen LogP contribution >= 0.6 is 0 Å². The molecule has 5 nitrogen and oxygen atoms in total. The normalized spacial score (nSPS) is 10.4. The summed E-state index contributed by atoms with van der Waals surface area (Å²) in [6.45, 7) is 0. The number of anilines is 1. The maximum Gasteiger partial charge on any atom is 0.235 e. The van der Waals surface area contributed by atoms with E-state index in [0.717, 1.165) is 11.8 Å². The van der Waals surface area contributed by atoms with Crippen LogP contribution in [0.2, 0.25) is 0 Å². The van der Waals surface area contributed by atoms with Crippen LogP contribution in [0.25, 0.3) is 6.08 Å². The van der Waals surface area contributed by atoms with Crippen LogP contribution in [0.3, 0.4) is 0 Å². The molecule has 0 amide bonds. The molecule has 0 fully saturated rings. The van der Waals surface area contributed by atoms with Gasteiger partial charge in [-0.3, -0.25) is 10.1 Å². The maximum atomic E-state index is 10.1. The Morgan fingerprint density at radius 3 is 2.86 bits per heavy atom. The molecule has 0 aliphatic heterocycles. The Kier molecular flexibility index (Phi) is 3.17. The van der Waals surface area contributed by atoms with E-state index in [1.165, 1.54) is 6.08 Å². The molecule has 1 heterocycles. The Hall–Kier alpha value is -1.91. The second-order valence-electron chi connectivity index (χ2n) is 2.91. The van der Waals surface area contributed by atoms with Gasteiger partial charge in [0.2, 0.25) is 6.20 Å². The average molecular weight is 193 g/mol. The van der Waals surface area contributed by atoms with E-state index in [4.69, 9.17) is 0 Å². The number of nitrogens with zero attached hydrogens (tertiary/aromatic N) is 3. The monoisotopic (exact) mass is 193 g/mol. The van der Waals surface area contributed by atoms with E-state index in [9.17, 15) is 10.1 Å². The van der Waals surface area contributed by atoms with Gasteiger partial charge in [0.1, 0.15) is 5.82 Å². The van der Waals surface area contributed by atoms with E-state index in [1.807, 2.05) is 14.1 Å². The van der Waals surface area contributed by atoms with Crippen molar-refractivity contribution in [1.29, 1.82) is 0 Å². The lowest BCUT2D eigenvalue weighted by atomic mass is 10.2. The molecular weight excluding hydrogens is 182 g/mol. The largest absolute Gasteiger partial charge is 0.362 e. The molecule has 0 bridgehead atoms. The molecule has 5 heteroatoms. The van der Waals surface area contributed by atoms with Gasteiger partial charge >= 0.3 is 0 Å². The third-order valence-electron chi connectivity index (χ3n) is 1.62. The summed E-state index contributed by atoms with van der Waals surface area (Å²) in [5, 5.41) is 10.1. The predicted molar refractivity (Wildman–Crippen MR) is 54.6 cm³/mol. The average Bonchev–Trinajstić information content (AvgIpc) is 2.15. The summed E-state index contributed by atoms with van der Waals surface area (Å²) in [5.41, 5.74) is 0.731. The van der Waals surface area contributed by atoms with Crippen molar-refractivity contribution in [2.45, 2.75) is 0 Å². The quantitative estimate of drug-likeness (QED) is 0.537. The van der Waals surface area contributed by atoms with Gasteiger partial charge < -0.3 is 4.90 Å². The minimum Gasteiger partial charge on any atom is -0.362 e. The summed E-state index contributed by atoms with van der Waals surface area (Å²) >= 11 is 0. The lowest BCUT2D eigenvalue weighted by Gasteiger charge is -2.12. The van der Waals surface area contributed by atoms with Crippen LogP contribution in [-0.4, -0.2) is 24.0 Å². The highest BCUT2D eigenvalue weighted by Crippen LogP contribution is 2.15. The second kappa shape index (κ2) is 4.36. The first-order valence-corrected chi connectivity index (χ1v) is 4.05. The SMILES string of the molecule is CN(C)c1ncccc1/C=C/[N+](=O)[O-]. The molecule has 0 aliphatic carbocycles. The van der Waals surface area contributed by atoms with Crippen LogP contribution in [0.1, 0.15) is 5.56 Å². The van der Waals surface area contributed by atoms with Crippen LogP contribution in [0.4, 0.5) is 5.82 Å².